The van der Waals surface area contributed by atoms with Gasteiger partial charge in [-0.3, -0.25) is 24.2 Å². The van der Waals surface area contributed by atoms with E-state index in [0.29, 0.717) is 96.9 Å². The highest BCUT2D eigenvalue weighted by Gasteiger charge is 2.75. The van der Waals surface area contributed by atoms with E-state index >= 15 is 0 Å². The third kappa shape index (κ3) is 5.92. The maximum atomic E-state index is 13.6. The quantitative estimate of drug-likeness (QED) is 0.0957. The van der Waals surface area contributed by atoms with Gasteiger partial charge in [0.25, 0.3) is 0 Å². The summed E-state index contributed by atoms with van der Waals surface area (Å²) >= 11 is 16.8. The summed E-state index contributed by atoms with van der Waals surface area (Å²) in [7, 11) is 0. The van der Waals surface area contributed by atoms with Gasteiger partial charge in [0.2, 0.25) is 0 Å². The Morgan fingerprint density at radius 1 is 0.706 bits per heavy atom. The lowest BCUT2D eigenvalue weighted by Gasteiger charge is -2.63. The highest BCUT2D eigenvalue weighted by Crippen LogP contribution is 2.67. The molecule has 68 heavy (non-hydrogen) atoms. The van der Waals surface area contributed by atoms with Crippen LogP contribution in [0, 0.1) is 11.8 Å². The predicted molar refractivity (Wildman–Crippen MR) is 255 cm³/mol. The van der Waals surface area contributed by atoms with Crippen LogP contribution in [-0.4, -0.2) is 111 Å². The van der Waals surface area contributed by atoms with Crippen molar-refractivity contribution in [2.24, 2.45) is 11.8 Å². The normalized spacial score (nSPS) is 34.9. The number of hydrogen-bond acceptors (Lipinski definition) is 14. The number of aliphatic hydroxyl groups excluding tert-OH is 1. The smallest absolute Gasteiger partial charge is 0.311 e. The Morgan fingerprint density at radius 3 is 1.78 bits per heavy atom. The van der Waals surface area contributed by atoms with E-state index in [9.17, 15) is 29.7 Å². The number of aliphatic hydroxyl groups is 3. The number of fused-ring (bicyclic) bond motifs is 1. The first-order valence-corrected chi connectivity index (χ1v) is 27.3. The molecule has 4 aliphatic heterocycles. The Morgan fingerprint density at radius 2 is 1.22 bits per heavy atom. The van der Waals surface area contributed by atoms with Crippen molar-refractivity contribution >= 4 is 73.0 Å². The first-order chi connectivity index (χ1) is 32.8. The summed E-state index contributed by atoms with van der Waals surface area (Å²) in [6.07, 6.45) is 7.87. The number of esters is 2. The van der Waals surface area contributed by atoms with Crippen LogP contribution in [0.25, 0.3) is 9.40 Å². The van der Waals surface area contributed by atoms with Gasteiger partial charge < -0.3 is 34.3 Å². The monoisotopic (exact) mass is 1000 g/mol. The molecule has 14 rings (SSSR count). The standard InChI is InChI=1S/C52H54Cl2N2O10S2/c53-41-33(9-11-37(59)63-31-7-5-27-21-35-51(61)15-13-29(57)47-49(51,39(27)43(31)65-47)17-19-55(35)23-25-1-2-25)67-46-42(54)34(68-45(41)46)10-12-38(60)64-32-8-6-28-22-36-52(62)16-14-30(58)48-50(52,40(28)44(32)66-48)18-20-56(36)24-26-3-4-26/h5-8,25-26,29,35-36,47-48,57,61-62H,1-4,9-24H2/t29?,35-,36-,47+,48+,49+,50+,51-,52-/m1/s1. The molecule has 2 saturated heterocycles. The maximum Gasteiger partial charge on any atom is 0.311 e. The minimum atomic E-state index is -1.10. The van der Waals surface area contributed by atoms with E-state index in [0.717, 1.165) is 67.6 Å². The number of thiophene rings is 2. The number of hydrogen-bond donors (Lipinski definition) is 3. The largest absolute Gasteiger partial charge is 0.482 e. The van der Waals surface area contributed by atoms with Crippen LogP contribution in [-0.2, 0) is 50.9 Å². The molecule has 358 valence electrons. The van der Waals surface area contributed by atoms with E-state index in [4.69, 9.17) is 42.1 Å². The second kappa shape index (κ2) is 15.1. The van der Waals surface area contributed by atoms with Gasteiger partial charge in [0.1, 0.15) is 6.10 Å². The number of benzene rings is 2. The van der Waals surface area contributed by atoms with Crippen molar-refractivity contribution in [1.82, 2.24) is 9.80 Å². The first-order valence-electron chi connectivity index (χ1n) is 24.9. The van der Waals surface area contributed by atoms with Crippen molar-refractivity contribution < 1.29 is 48.7 Å². The van der Waals surface area contributed by atoms with E-state index in [1.54, 1.807) is 12.1 Å². The van der Waals surface area contributed by atoms with Gasteiger partial charge in [0.05, 0.1) is 60.4 Å². The third-order valence-corrected chi connectivity index (χ3v) is 22.3. The summed E-state index contributed by atoms with van der Waals surface area (Å²) < 4.78 is 26.8. The molecule has 4 aromatic rings. The summed E-state index contributed by atoms with van der Waals surface area (Å²) in [5, 5.41) is 37.7. The second-order valence-corrected chi connectivity index (χ2v) is 24.8. The predicted octanol–water partition coefficient (Wildman–Crippen LogP) is 7.40. The molecule has 2 aromatic heterocycles. The molecule has 2 spiro atoms. The first kappa shape index (κ1) is 43.5. The summed E-state index contributed by atoms with van der Waals surface area (Å²) in [6.45, 7) is 3.61. The molecule has 0 radical (unpaired) electrons. The molecular formula is C52H54Cl2N2O10S2. The molecule has 0 amide bonds. The van der Waals surface area contributed by atoms with Crippen LogP contribution < -0.4 is 18.9 Å². The molecule has 12 nitrogen and oxygen atoms in total. The Kier molecular flexibility index (Phi) is 9.66. The number of aryl methyl sites for hydroxylation is 2. The van der Waals surface area contributed by atoms with Gasteiger partial charge in [-0.25, -0.2) is 0 Å². The summed E-state index contributed by atoms with van der Waals surface area (Å²) in [6, 6.07) is 7.47. The van der Waals surface area contributed by atoms with Crippen LogP contribution >= 0.6 is 45.9 Å². The second-order valence-electron chi connectivity index (χ2n) is 21.9. The lowest BCUT2D eigenvalue weighted by Crippen LogP contribution is -2.77. The van der Waals surface area contributed by atoms with Gasteiger partial charge in [-0.15, -0.1) is 22.7 Å². The van der Waals surface area contributed by atoms with Crippen LogP contribution in [0.15, 0.2) is 24.3 Å². The summed E-state index contributed by atoms with van der Waals surface area (Å²) in [5.41, 5.74) is 0.177. The molecule has 6 aliphatic carbocycles. The molecule has 2 aromatic carbocycles. The zero-order chi connectivity index (χ0) is 46.2. The zero-order valence-electron chi connectivity index (χ0n) is 37.7. The van der Waals surface area contributed by atoms with Crippen LogP contribution in [0.3, 0.4) is 0 Å². The van der Waals surface area contributed by atoms with Crippen molar-refractivity contribution in [2.45, 2.75) is 155 Å². The number of Topliss-reactive ketones (excluding diaryl/α,β-unsaturated/α-hetero) is 1. The van der Waals surface area contributed by atoms with Crippen LogP contribution in [0.4, 0.5) is 0 Å². The zero-order valence-corrected chi connectivity index (χ0v) is 40.8. The summed E-state index contributed by atoms with van der Waals surface area (Å²) in [5.74, 6) is 1.96. The average molecular weight is 1000 g/mol. The molecule has 16 heteroatoms. The van der Waals surface area contributed by atoms with Crippen molar-refractivity contribution in [2.75, 3.05) is 26.2 Å². The minimum absolute atomic E-state index is 0.00514. The molecular weight excluding hydrogens is 948 g/mol. The van der Waals surface area contributed by atoms with Crippen molar-refractivity contribution in [1.29, 1.82) is 0 Å². The fourth-order valence-electron chi connectivity index (χ4n) is 14.9. The van der Waals surface area contributed by atoms with Crippen LogP contribution in [0.1, 0.15) is 109 Å². The molecule has 1 unspecified atom stereocenters. The topological polar surface area (TPSA) is 155 Å². The number of halogens is 2. The number of likely N-dealkylation sites (tertiary alicyclic amines) is 2. The van der Waals surface area contributed by atoms with Gasteiger partial charge >= 0.3 is 11.9 Å². The number of carbonyl (C=O) groups excluding carboxylic acids is 3. The minimum Gasteiger partial charge on any atom is -0.482 e. The Balaban J connectivity index is 0.649. The van der Waals surface area contributed by atoms with Gasteiger partial charge in [-0.2, -0.15) is 0 Å². The fraction of sp³-hybridized carbons (Fsp3) is 0.596. The average Bonchev–Trinajstić information content (AvgIpc) is 4.20. The van der Waals surface area contributed by atoms with Crippen molar-refractivity contribution in [3.05, 3.63) is 66.3 Å². The van der Waals surface area contributed by atoms with Crippen LogP contribution in [0.2, 0.25) is 10.0 Å². The highest BCUT2D eigenvalue weighted by atomic mass is 35.5. The number of ether oxygens (including phenoxy) is 4. The molecule has 10 aliphatic rings. The lowest BCUT2D eigenvalue weighted by molar-refractivity contribution is -0.208. The molecule has 6 fully saturated rings. The van der Waals surface area contributed by atoms with Gasteiger partial charge in [0.15, 0.2) is 34.9 Å². The van der Waals surface area contributed by atoms with E-state index < -0.39 is 52.3 Å². The Hall–Kier alpha value is -3.31. The highest BCUT2D eigenvalue weighted by molar-refractivity contribution is 7.29. The van der Waals surface area contributed by atoms with E-state index in [1.807, 2.05) is 12.1 Å². The Labute approximate surface area is 411 Å². The summed E-state index contributed by atoms with van der Waals surface area (Å²) in [4.78, 5) is 47.2. The number of piperidine rings is 2. The van der Waals surface area contributed by atoms with E-state index in [2.05, 4.69) is 9.80 Å². The van der Waals surface area contributed by atoms with Gasteiger partial charge in [-0.05, 0) is 132 Å². The maximum absolute atomic E-state index is 13.6. The number of carbonyl (C=O) groups is 3. The molecule has 4 saturated carbocycles. The molecule has 6 heterocycles. The Bertz CT molecular complexity index is 2880. The van der Waals surface area contributed by atoms with Crippen LogP contribution in [0.5, 0.6) is 23.0 Å². The molecule has 4 bridgehead atoms. The van der Waals surface area contributed by atoms with Gasteiger partial charge in [-0.1, -0.05) is 35.3 Å². The van der Waals surface area contributed by atoms with Crippen molar-refractivity contribution in [3.8, 4) is 23.0 Å². The number of ketones is 1. The third-order valence-electron chi connectivity index (χ3n) is 18.4. The van der Waals surface area contributed by atoms with E-state index in [1.165, 1.54) is 48.4 Å². The molecule has 9 atom stereocenters. The molecule has 3 N–H and O–H groups in total. The fourth-order valence-corrected chi connectivity index (χ4v) is 18.4. The van der Waals surface area contributed by atoms with E-state index in [-0.39, 0.29) is 42.9 Å². The number of rotatable bonds is 12. The lowest BCUT2D eigenvalue weighted by atomic mass is 9.48. The SMILES string of the molecule is O=C(CCc1sc2c(Cl)c(CCC(=O)Oc3ccc4c5c3O[C@H]3C(O)CC[C@@]6(O)[C@@H](C4)N(CC4CC4)CC[C@]536)sc2c1Cl)Oc1ccc2c3c1O[C@H]1C(=O)CC[C@@]4(O)[C@@H](C2)N(CC2CC2)CC[C@]314. The van der Waals surface area contributed by atoms with Crippen molar-refractivity contribution in [3.63, 3.8) is 0 Å². The van der Waals surface area contributed by atoms with Gasteiger partial charge in [0, 0.05) is 52.5 Å². The number of nitrogens with zero attached hydrogens (tertiary/aromatic N) is 2.